The molecule has 27 heteroatoms. The number of anilines is 1. The molecule has 10 aliphatic rings. The van der Waals surface area contributed by atoms with E-state index in [9.17, 15) is 29.1 Å². The molecule has 1 spiro atoms. The van der Waals surface area contributed by atoms with Crippen LogP contribution in [0, 0.1) is 22.5 Å². The summed E-state index contributed by atoms with van der Waals surface area (Å²) < 4.78 is 68.7. The van der Waals surface area contributed by atoms with Crippen LogP contribution in [0.4, 0.5) is 10.5 Å². The fraction of sp³-hybridized carbons (Fsp3) is 0.712. The van der Waals surface area contributed by atoms with Crippen LogP contribution in [0.1, 0.15) is 155 Å². The summed E-state index contributed by atoms with van der Waals surface area (Å²) in [6.45, 7) is 16.1. The van der Waals surface area contributed by atoms with Gasteiger partial charge in [-0.2, -0.15) is 0 Å². The maximum absolute atomic E-state index is 14.6. The predicted molar refractivity (Wildman–Crippen MR) is 368 cm³/mol. The highest BCUT2D eigenvalue weighted by Crippen LogP contribution is 2.55. The highest BCUT2D eigenvalue weighted by molar-refractivity contribution is 7.71. The molecule has 10 fully saturated rings. The molecule has 13 rings (SSSR count). The Kier molecular flexibility index (Phi) is 24.5. The summed E-state index contributed by atoms with van der Waals surface area (Å²) >= 11 is 5.03. The number of ketones is 1. The van der Waals surface area contributed by atoms with Crippen LogP contribution < -0.4 is 21.3 Å². The molecule has 12 bridgehead atoms. The summed E-state index contributed by atoms with van der Waals surface area (Å²) in [5.41, 5.74) is 4.61. The second-order valence-electron chi connectivity index (χ2n) is 30.0. The van der Waals surface area contributed by atoms with Gasteiger partial charge in [-0.3, -0.25) is 23.9 Å². The van der Waals surface area contributed by atoms with Crippen LogP contribution in [0.2, 0.25) is 0 Å². The normalized spacial score (nSPS) is 33.3. The summed E-state index contributed by atoms with van der Waals surface area (Å²) in [5.74, 6) is -2.44. The molecule has 0 radical (unpaired) electrons. The smallest absolute Gasteiger partial charge is 0.407 e. The minimum absolute atomic E-state index is 0.0120. The van der Waals surface area contributed by atoms with Crippen molar-refractivity contribution in [3.05, 3.63) is 77.5 Å². The SMILES string of the molecule is C=C1C[C@@H]2CC[C@@]34CC5O[C@H]6[C@@H](O3)[C@H]3O[C@H](CC[C@@H]3O[C@H]6[C@H]5O4)CC(=O)C[C@@H]3[C@@H](OC)[C@@H](C[C@H](O)CNC(=O)OCc4ccc(NC(=O)[C@H](CCCCN(C)C)NC(=O)[C@@H](NC(=O)CCCCCn5cc(-c6cnc(=S)[nH]c6)nn5)C(C)C)cc4)O[C@H]3C[C@H]3O[C@@H](CCC1O2)C[C@@H](C)C3=C. The molecular weight excluding hydrogens is 1300 g/mol. The van der Waals surface area contributed by atoms with Crippen LogP contribution in [-0.4, -0.2) is 214 Å². The van der Waals surface area contributed by atoms with E-state index in [0.29, 0.717) is 79.6 Å². The number of aromatic amines is 1. The van der Waals surface area contributed by atoms with Gasteiger partial charge in [0.05, 0.1) is 73.3 Å². The number of carbonyl (C=O) groups excluding carboxylic acids is 5. The molecule has 100 heavy (non-hydrogen) atoms. The minimum Gasteiger partial charge on any atom is -0.445 e. The van der Waals surface area contributed by atoms with Crippen LogP contribution in [0.5, 0.6) is 0 Å². The minimum atomic E-state index is -1.07. The van der Waals surface area contributed by atoms with Crippen LogP contribution in [0.3, 0.4) is 0 Å². The second kappa shape index (κ2) is 33.2. The zero-order chi connectivity index (χ0) is 70.4. The van der Waals surface area contributed by atoms with Gasteiger partial charge in [0.1, 0.15) is 60.7 Å². The van der Waals surface area contributed by atoms with Gasteiger partial charge in [-0.1, -0.05) is 57.7 Å². The molecule has 548 valence electrons. The molecule has 6 N–H and O–H groups in total. The lowest BCUT2D eigenvalue weighted by Gasteiger charge is -2.47. The molecular formula is C73H104N10O16S. The topological polar surface area (TPSA) is 309 Å². The van der Waals surface area contributed by atoms with E-state index in [1.165, 1.54) is 0 Å². The number of H-pyrrole nitrogens is 1. The number of nitrogens with one attached hydrogen (secondary N) is 5. The zero-order valence-corrected chi connectivity index (χ0v) is 59.6. The van der Waals surface area contributed by atoms with Crippen molar-refractivity contribution >= 4 is 47.5 Å². The lowest BCUT2D eigenvalue weighted by atomic mass is 9.81. The Balaban J connectivity index is 0.621. The Morgan fingerprint density at radius 2 is 1.60 bits per heavy atom. The van der Waals surface area contributed by atoms with Gasteiger partial charge in [-0.15, -0.1) is 5.10 Å². The quantitative estimate of drug-likeness (QED) is 0.0269. The number of nitrogens with zero attached hydrogens (tertiary/aromatic N) is 5. The van der Waals surface area contributed by atoms with Crippen molar-refractivity contribution < 1.29 is 76.4 Å². The Morgan fingerprint density at radius 3 is 2.38 bits per heavy atom. The monoisotopic (exact) mass is 1410 g/mol. The number of alkyl carbamates (subject to hydrolysis) is 1. The maximum Gasteiger partial charge on any atom is 0.407 e. The number of fused-ring (bicyclic) bond motifs is 6. The van der Waals surface area contributed by atoms with E-state index >= 15 is 0 Å². The van der Waals surface area contributed by atoms with Crippen molar-refractivity contribution in [3.63, 3.8) is 0 Å². The number of rotatable bonds is 25. The second-order valence-corrected chi connectivity index (χ2v) is 30.4. The van der Waals surface area contributed by atoms with E-state index in [1.807, 2.05) is 34.1 Å². The average Bonchev–Trinajstić information content (AvgIpc) is 1.55. The van der Waals surface area contributed by atoms with Crippen molar-refractivity contribution in [2.45, 2.75) is 278 Å². The molecule has 3 aromatic rings. The number of unbranched alkanes of at least 4 members (excludes halogenated alkanes) is 3. The largest absolute Gasteiger partial charge is 0.445 e. The summed E-state index contributed by atoms with van der Waals surface area (Å²) in [6.07, 6.45) is 10.3. The number of aliphatic hydroxyl groups is 1. The predicted octanol–water partition coefficient (Wildman–Crippen LogP) is 7.67. The molecule has 2 unspecified atom stereocenters. The number of amides is 4. The van der Waals surface area contributed by atoms with Gasteiger partial charge in [0, 0.05) is 94.7 Å². The number of hydrogen-bond donors (Lipinski definition) is 6. The number of aryl methyl sites for hydroxylation is 1. The van der Waals surface area contributed by atoms with Crippen LogP contribution in [0.15, 0.2) is 67.2 Å². The summed E-state index contributed by atoms with van der Waals surface area (Å²) in [6, 6.07) is 5.05. The number of Topliss-reactive ketones (excluding diaryl/α,β-unsaturated/α-hetero) is 1. The van der Waals surface area contributed by atoms with E-state index in [0.717, 1.165) is 74.6 Å². The highest BCUT2D eigenvalue weighted by atomic mass is 32.1. The third-order valence-corrected chi connectivity index (χ3v) is 22.0. The van der Waals surface area contributed by atoms with Crippen LogP contribution in [0.25, 0.3) is 11.3 Å². The van der Waals surface area contributed by atoms with Gasteiger partial charge in [-0.25, -0.2) is 9.78 Å². The first-order chi connectivity index (χ1) is 48.1. The van der Waals surface area contributed by atoms with Crippen molar-refractivity contribution in [3.8, 4) is 11.3 Å². The Bertz CT molecular complexity index is 3390. The highest BCUT2D eigenvalue weighted by Gasteiger charge is 2.69. The van der Waals surface area contributed by atoms with Gasteiger partial charge in [0.25, 0.3) is 0 Å². The first-order valence-corrected chi connectivity index (χ1v) is 36.9. The molecule has 26 nitrogen and oxygen atoms in total. The van der Waals surface area contributed by atoms with Crippen molar-refractivity contribution in [1.29, 1.82) is 0 Å². The van der Waals surface area contributed by atoms with E-state index in [-0.39, 0.29) is 123 Å². The molecule has 4 amide bonds. The van der Waals surface area contributed by atoms with Gasteiger partial charge < -0.3 is 83.6 Å². The number of benzene rings is 1. The molecule has 12 heterocycles. The van der Waals surface area contributed by atoms with Gasteiger partial charge in [0.15, 0.2) is 10.6 Å². The Morgan fingerprint density at radius 1 is 0.830 bits per heavy atom. The molecule has 0 aliphatic carbocycles. The molecule has 2 aromatic heterocycles. The van der Waals surface area contributed by atoms with E-state index in [1.54, 1.807) is 48.5 Å². The Hall–Kier alpha value is -5.95. The van der Waals surface area contributed by atoms with Crippen molar-refractivity contribution in [1.82, 2.24) is 45.8 Å². The van der Waals surface area contributed by atoms with Gasteiger partial charge >= 0.3 is 6.09 Å². The zero-order valence-electron chi connectivity index (χ0n) is 58.8. The summed E-state index contributed by atoms with van der Waals surface area (Å²) in [7, 11) is 5.56. The first kappa shape index (κ1) is 73.8. The first-order valence-electron chi connectivity index (χ1n) is 36.5. The van der Waals surface area contributed by atoms with Crippen LogP contribution >= 0.6 is 12.2 Å². The maximum atomic E-state index is 14.6. The molecule has 21 atom stereocenters. The van der Waals surface area contributed by atoms with E-state index in [4.69, 9.17) is 59.6 Å². The number of carbonyl (C=O) groups is 5. The number of aromatic nitrogens is 5. The van der Waals surface area contributed by atoms with E-state index in [2.05, 4.69) is 66.5 Å². The van der Waals surface area contributed by atoms with Crippen LogP contribution in [-0.2, 0) is 79.7 Å². The standard InChI is InChI=1S/C73H104N10O16S/c1-40(2)62(79-61(86)15-10-9-12-27-83-38-54(80-81-83)45-35-74-71(100)75-36-45)70(88)78-53(14-11-13-26-82(6)7)69(87)77-46-18-16-44(17-19-46)39-91-72(89)76-37-48(85)32-59-63(90-8)52-31-47(84)30-50-21-23-56-64(94-50)68-67-66(96-56)65-60(97-67)34-73(98-65,99-68)25-24-51-29-42(4)55(92-51)22-20-49-28-41(3)43(5)57(93-49)33-58(52)95-59/h16-19,35-36,38,40-41,48-53,55-60,62-68,85H,4-5,9-15,20-34,37,39H2,1-3,6-8H3,(H,76,89)(H,77,87)(H,78,88)(H,79,86)(H,74,75,100)/t41-,48+,49+,50-,51+,52+,53+,55?,56+,57-,58+,59-,60?,62+,63-,64+,65+,66+,67-,68+,73+/m1/s1. The van der Waals surface area contributed by atoms with Crippen molar-refractivity contribution in [2.75, 3.05) is 39.6 Å². The Labute approximate surface area is 591 Å². The van der Waals surface area contributed by atoms with E-state index < -0.39 is 78.3 Å². The fourth-order valence-corrected chi connectivity index (χ4v) is 16.5. The summed E-state index contributed by atoms with van der Waals surface area (Å²) in [5, 5.41) is 31.5. The number of ether oxygens (including phenoxy) is 10. The third-order valence-electron chi connectivity index (χ3n) is 21.8. The number of aliphatic hydroxyl groups excluding tert-OH is 1. The van der Waals surface area contributed by atoms with Gasteiger partial charge in [0.2, 0.25) is 17.7 Å². The van der Waals surface area contributed by atoms with Crippen molar-refractivity contribution in [2.24, 2.45) is 17.8 Å². The number of methoxy groups -OCH3 is 1. The lowest BCUT2D eigenvalue weighted by Crippen LogP contribution is -2.61. The number of hydrogen-bond acceptors (Lipinski definition) is 21. The van der Waals surface area contributed by atoms with Gasteiger partial charge in [-0.05, 0) is 151 Å². The summed E-state index contributed by atoms with van der Waals surface area (Å²) in [4.78, 5) is 78.0. The molecule has 1 aromatic carbocycles. The fourth-order valence-electron chi connectivity index (χ4n) is 16.4. The molecule has 0 saturated carbocycles. The lowest BCUT2D eigenvalue weighted by molar-refractivity contribution is -0.292. The third kappa shape index (κ3) is 18.1. The average molecular weight is 1410 g/mol. The molecule has 10 aliphatic heterocycles. The molecule has 10 saturated heterocycles.